The summed E-state index contributed by atoms with van der Waals surface area (Å²) in [5, 5.41) is 11.7. The molecule has 2 rings (SSSR count). The van der Waals surface area contributed by atoms with Gasteiger partial charge >= 0.3 is 0 Å². The lowest BCUT2D eigenvalue weighted by Gasteiger charge is -2.15. The molecular weight excluding hydrogens is 288 g/mol. The monoisotopic (exact) mass is 304 g/mol. The standard InChI is InChI=1S/C11H16N2O4S2/c1-7-3-10(18-6-7)11(15)13-4-8(9(14)5-13)12-19(2,16)17/h3,6,8-9,12,14H,4-5H2,1-2H3/t8-,9-/m1/s1. The lowest BCUT2D eigenvalue weighted by atomic mass is 10.2. The van der Waals surface area contributed by atoms with Gasteiger partial charge in [0.05, 0.1) is 23.3 Å². The van der Waals surface area contributed by atoms with Crippen LogP contribution in [-0.2, 0) is 10.0 Å². The van der Waals surface area contributed by atoms with Crippen LogP contribution in [0.2, 0.25) is 0 Å². The molecule has 1 aliphatic rings. The number of hydrogen-bond acceptors (Lipinski definition) is 5. The smallest absolute Gasteiger partial charge is 0.264 e. The second-order valence-corrected chi connectivity index (χ2v) is 7.45. The van der Waals surface area contributed by atoms with Gasteiger partial charge in [0.15, 0.2) is 0 Å². The number of likely N-dealkylation sites (tertiary alicyclic amines) is 1. The van der Waals surface area contributed by atoms with E-state index in [0.717, 1.165) is 11.8 Å². The molecular formula is C11H16N2O4S2. The van der Waals surface area contributed by atoms with Gasteiger partial charge in [-0.2, -0.15) is 0 Å². The average Bonchev–Trinajstić information content (AvgIpc) is 2.84. The van der Waals surface area contributed by atoms with E-state index >= 15 is 0 Å². The summed E-state index contributed by atoms with van der Waals surface area (Å²) in [6.45, 7) is 2.23. The van der Waals surface area contributed by atoms with Crippen molar-refractivity contribution in [3.05, 3.63) is 21.9 Å². The number of nitrogens with zero attached hydrogens (tertiary/aromatic N) is 1. The molecule has 1 saturated heterocycles. The zero-order valence-electron chi connectivity index (χ0n) is 10.7. The molecule has 6 nitrogen and oxygen atoms in total. The minimum absolute atomic E-state index is 0.142. The summed E-state index contributed by atoms with van der Waals surface area (Å²) in [5.41, 5.74) is 1.01. The van der Waals surface area contributed by atoms with Gasteiger partial charge in [0.2, 0.25) is 10.0 Å². The number of carbonyl (C=O) groups is 1. The topological polar surface area (TPSA) is 86.7 Å². The summed E-state index contributed by atoms with van der Waals surface area (Å²) in [4.78, 5) is 14.2. The quantitative estimate of drug-likeness (QED) is 0.809. The molecule has 2 N–H and O–H groups in total. The van der Waals surface area contributed by atoms with Crippen molar-refractivity contribution in [1.82, 2.24) is 9.62 Å². The first-order chi connectivity index (χ1) is 8.76. The van der Waals surface area contributed by atoms with Crippen LogP contribution in [0, 0.1) is 6.92 Å². The highest BCUT2D eigenvalue weighted by Crippen LogP contribution is 2.19. The maximum atomic E-state index is 12.2. The highest BCUT2D eigenvalue weighted by atomic mass is 32.2. The number of β-amino-alcohol motifs (C(OH)–C–C–N with tert-alkyl or cyclic N) is 1. The Morgan fingerprint density at radius 1 is 1.53 bits per heavy atom. The Morgan fingerprint density at radius 2 is 2.21 bits per heavy atom. The van der Waals surface area contributed by atoms with Crippen LogP contribution >= 0.6 is 11.3 Å². The van der Waals surface area contributed by atoms with E-state index in [1.807, 2.05) is 12.3 Å². The highest BCUT2D eigenvalue weighted by Gasteiger charge is 2.36. The van der Waals surface area contributed by atoms with Crippen LogP contribution in [0.3, 0.4) is 0 Å². The predicted octanol–water partition coefficient (Wildman–Crippen LogP) is -0.209. The number of amides is 1. The maximum absolute atomic E-state index is 12.2. The molecule has 8 heteroatoms. The third kappa shape index (κ3) is 3.53. The zero-order valence-corrected chi connectivity index (χ0v) is 12.3. The van der Waals surface area contributed by atoms with Crippen molar-refractivity contribution in [3.63, 3.8) is 0 Å². The van der Waals surface area contributed by atoms with E-state index in [1.54, 1.807) is 6.07 Å². The van der Waals surface area contributed by atoms with Crippen LogP contribution in [-0.4, -0.2) is 55.8 Å². The van der Waals surface area contributed by atoms with E-state index in [9.17, 15) is 18.3 Å². The molecule has 0 saturated carbocycles. The number of thiophene rings is 1. The Kier molecular flexibility index (Phi) is 3.95. The number of aliphatic hydroxyl groups is 1. The molecule has 1 amide bonds. The number of nitrogens with one attached hydrogen (secondary N) is 1. The van der Waals surface area contributed by atoms with E-state index in [1.165, 1.54) is 16.2 Å². The molecule has 1 fully saturated rings. The lowest BCUT2D eigenvalue weighted by molar-refractivity contribution is 0.0769. The molecule has 106 valence electrons. The average molecular weight is 304 g/mol. The van der Waals surface area contributed by atoms with Gasteiger partial charge < -0.3 is 10.0 Å². The van der Waals surface area contributed by atoms with Gasteiger partial charge in [-0.15, -0.1) is 11.3 Å². The van der Waals surface area contributed by atoms with Gasteiger partial charge in [0, 0.05) is 13.1 Å². The lowest BCUT2D eigenvalue weighted by Crippen LogP contribution is -2.42. The molecule has 2 heterocycles. The van der Waals surface area contributed by atoms with Gasteiger partial charge in [-0.05, 0) is 23.9 Å². The SMILES string of the molecule is Cc1csc(C(=O)N2C[C@@H](O)[C@H](NS(C)(=O)=O)C2)c1. The number of sulfonamides is 1. The molecule has 2 atom stereocenters. The summed E-state index contributed by atoms with van der Waals surface area (Å²) < 4.78 is 24.7. The van der Waals surface area contributed by atoms with Crippen LogP contribution in [0.1, 0.15) is 15.2 Å². The fourth-order valence-corrected chi connectivity index (χ4v) is 3.69. The Morgan fingerprint density at radius 3 is 2.74 bits per heavy atom. The van der Waals surface area contributed by atoms with Crippen LogP contribution in [0.5, 0.6) is 0 Å². The van der Waals surface area contributed by atoms with Crippen LogP contribution < -0.4 is 4.72 Å². The van der Waals surface area contributed by atoms with Crippen molar-refractivity contribution in [2.24, 2.45) is 0 Å². The minimum Gasteiger partial charge on any atom is -0.390 e. The van der Waals surface area contributed by atoms with Gasteiger partial charge in [-0.1, -0.05) is 0 Å². The van der Waals surface area contributed by atoms with Gasteiger partial charge in [-0.3, -0.25) is 4.79 Å². The van der Waals surface area contributed by atoms with Crippen LogP contribution in [0.25, 0.3) is 0 Å². The van der Waals surface area contributed by atoms with Gasteiger partial charge in [0.1, 0.15) is 0 Å². The van der Waals surface area contributed by atoms with Crippen LogP contribution in [0.15, 0.2) is 11.4 Å². The Bertz CT molecular complexity index is 581. The van der Waals surface area contributed by atoms with E-state index in [2.05, 4.69) is 4.72 Å². The molecule has 19 heavy (non-hydrogen) atoms. The Labute approximate surface area is 116 Å². The molecule has 0 aromatic carbocycles. The second kappa shape index (κ2) is 5.20. The first-order valence-electron chi connectivity index (χ1n) is 5.76. The van der Waals surface area contributed by atoms with Crippen molar-refractivity contribution in [3.8, 4) is 0 Å². The normalized spacial score (nSPS) is 23.8. The maximum Gasteiger partial charge on any atom is 0.264 e. The molecule has 0 aliphatic carbocycles. The molecule has 0 bridgehead atoms. The number of aryl methyl sites for hydroxylation is 1. The largest absolute Gasteiger partial charge is 0.390 e. The number of carbonyl (C=O) groups excluding carboxylic acids is 1. The number of rotatable bonds is 3. The summed E-state index contributed by atoms with van der Waals surface area (Å²) in [6.07, 6.45) is 0.159. The van der Waals surface area contributed by atoms with Crippen molar-refractivity contribution in [2.45, 2.75) is 19.1 Å². The van der Waals surface area contributed by atoms with Crippen molar-refractivity contribution >= 4 is 27.3 Å². The molecule has 1 aromatic heterocycles. The molecule has 1 aliphatic heterocycles. The van der Waals surface area contributed by atoms with Gasteiger partial charge in [0.25, 0.3) is 5.91 Å². The molecule has 0 spiro atoms. The Hall–Kier alpha value is -0.960. The van der Waals surface area contributed by atoms with E-state index in [4.69, 9.17) is 0 Å². The summed E-state index contributed by atoms with van der Waals surface area (Å²) in [7, 11) is -3.40. The predicted molar refractivity (Wildman–Crippen MR) is 72.7 cm³/mol. The van der Waals surface area contributed by atoms with E-state index in [-0.39, 0.29) is 19.0 Å². The molecule has 0 radical (unpaired) electrons. The third-order valence-electron chi connectivity index (χ3n) is 2.88. The fraction of sp³-hybridized carbons (Fsp3) is 0.545. The van der Waals surface area contributed by atoms with Crippen LogP contribution in [0.4, 0.5) is 0 Å². The molecule has 0 unspecified atom stereocenters. The second-order valence-electron chi connectivity index (χ2n) is 4.76. The zero-order chi connectivity index (χ0) is 14.2. The summed E-state index contributed by atoms with van der Waals surface area (Å²) in [6, 6.07) is 1.15. The van der Waals surface area contributed by atoms with Crippen molar-refractivity contribution in [1.29, 1.82) is 0 Å². The fourth-order valence-electron chi connectivity index (χ4n) is 2.04. The summed E-state index contributed by atoms with van der Waals surface area (Å²) >= 11 is 1.35. The number of aliphatic hydroxyl groups excluding tert-OH is 1. The number of hydrogen-bond donors (Lipinski definition) is 2. The van der Waals surface area contributed by atoms with E-state index in [0.29, 0.717) is 4.88 Å². The molecule has 1 aromatic rings. The third-order valence-corrected chi connectivity index (χ3v) is 4.65. The summed E-state index contributed by atoms with van der Waals surface area (Å²) in [5.74, 6) is -0.171. The Balaban J connectivity index is 2.06. The van der Waals surface area contributed by atoms with Gasteiger partial charge in [-0.25, -0.2) is 13.1 Å². The first-order valence-corrected chi connectivity index (χ1v) is 8.53. The van der Waals surface area contributed by atoms with Crippen molar-refractivity contribution < 1.29 is 18.3 Å². The minimum atomic E-state index is -3.40. The first kappa shape index (κ1) is 14.4. The highest BCUT2D eigenvalue weighted by molar-refractivity contribution is 7.88. The van der Waals surface area contributed by atoms with E-state index < -0.39 is 22.2 Å². The van der Waals surface area contributed by atoms with Crippen molar-refractivity contribution in [2.75, 3.05) is 19.3 Å².